The Hall–Kier alpha value is -3.23. The van der Waals surface area contributed by atoms with Crippen LogP contribution in [0.1, 0.15) is 29.6 Å². The molecule has 2 amide bonds. The number of para-hydroxylation sites is 1. The summed E-state index contributed by atoms with van der Waals surface area (Å²) in [5, 5.41) is 14.0. The van der Waals surface area contributed by atoms with Crippen molar-refractivity contribution in [3.63, 3.8) is 0 Å². The van der Waals surface area contributed by atoms with E-state index in [1.165, 1.54) is 6.33 Å². The van der Waals surface area contributed by atoms with Gasteiger partial charge in [-0.25, -0.2) is 9.67 Å². The Kier molecular flexibility index (Phi) is 6.03. The summed E-state index contributed by atoms with van der Waals surface area (Å²) in [6.07, 6.45) is 5.47. The maximum Gasteiger partial charge on any atom is 0.290 e. The van der Waals surface area contributed by atoms with Gasteiger partial charge in [-0.3, -0.25) is 14.4 Å². The van der Waals surface area contributed by atoms with Crippen molar-refractivity contribution in [1.82, 2.24) is 25.0 Å². The fraction of sp³-hybridized carbons (Fsp3) is 0.421. The Bertz CT molecular complexity index is 839. The van der Waals surface area contributed by atoms with Crippen LogP contribution in [0.4, 0.5) is 0 Å². The predicted octanol–water partition coefficient (Wildman–Crippen LogP) is 0.955. The van der Waals surface area contributed by atoms with Crippen LogP contribution in [0.15, 0.2) is 36.9 Å². The lowest BCUT2D eigenvalue weighted by molar-refractivity contribution is -0.124. The standard InChI is InChI=1S/C18H21N5O2.CH2O2/c1-22(14-6-12-8-17(24)20-9-13(12)7-14)18(25)15-4-2-3-5-16(15)23-11-19-10-21-23;2-1-3/h2-5,10-14H,6-9H2,1H3,(H,20,24);1H,(H,2,3)/t12-,13+,14-;/m0./s1. The first-order valence-corrected chi connectivity index (χ1v) is 9.10. The second kappa shape index (κ2) is 8.64. The quantitative estimate of drug-likeness (QED) is 0.760. The molecule has 148 valence electrons. The van der Waals surface area contributed by atoms with Gasteiger partial charge in [-0.1, -0.05) is 12.1 Å². The van der Waals surface area contributed by atoms with Crippen molar-refractivity contribution >= 4 is 18.3 Å². The molecule has 1 saturated carbocycles. The number of fused-ring (bicyclic) bond motifs is 1. The highest BCUT2D eigenvalue weighted by Crippen LogP contribution is 2.38. The van der Waals surface area contributed by atoms with Gasteiger partial charge in [0.25, 0.3) is 12.4 Å². The van der Waals surface area contributed by atoms with Crippen molar-refractivity contribution in [3.05, 3.63) is 42.5 Å². The molecule has 1 aromatic heterocycles. The van der Waals surface area contributed by atoms with E-state index in [9.17, 15) is 9.59 Å². The van der Waals surface area contributed by atoms with Crippen molar-refractivity contribution in [3.8, 4) is 5.69 Å². The average molecular weight is 385 g/mol. The van der Waals surface area contributed by atoms with Crippen LogP contribution in [0.2, 0.25) is 0 Å². The molecule has 0 bridgehead atoms. The molecule has 1 aromatic carbocycles. The summed E-state index contributed by atoms with van der Waals surface area (Å²) in [5.74, 6) is 0.976. The molecular weight excluding hydrogens is 362 g/mol. The molecule has 3 atom stereocenters. The Morgan fingerprint density at radius 3 is 2.75 bits per heavy atom. The number of nitrogens with zero attached hydrogens (tertiary/aromatic N) is 4. The van der Waals surface area contributed by atoms with Gasteiger partial charge in [-0.05, 0) is 36.8 Å². The zero-order valence-electron chi connectivity index (χ0n) is 15.6. The largest absolute Gasteiger partial charge is 0.483 e. The third-order valence-corrected chi connectivity index (χ3v) is 5.49. The number of amides is 2. The zero-order valence-corrected chi connectivity index (χ0v) is 15.6. The number of carboxylic acid groups (broad SMARTS) is 1. The number of hydrogen-bond acceptors (Lipinski definition) is 5. The van der Waals surface area contributed by atoms with Crippen LogP contribution in [-0.4, -0.2) is 62.7 Å². The molecule has 1 aliphatic carbocycles. The van der Waals surface area contributed by atoms with Crippen LogP contribution in [0.25, 0.3) is 5.69 Å². The van der Waals surface area contributed by atoms with Crippen molar-refractivity contribution in [2.24, 2.45) is 11.8 Å². The molecule has 2 aromatic rings. The van der Waals surface area contributed by atoms with E-state index in [1.807, 2.05) is 36.2 Å². The molecule has 2 fully saturated rings. The van der Waals surface area contributed by atoms with Crippen LogP contribution < -0.4 is 5.32 Å². The minimum absolute atomic E-state index is 0.0194. The molecule has 28 heavy (non-hydrogen) atoms. The molecule has 1 saturated heterocycles. The molecule has 2 N–H and O–H groups in total. The van der Waals surface area contributed by atoms with Crippen LogP contribution in [0.3, 0.4) is 0 Å². The third-order valence-electron chi connectivity index (χ3n) is 5.49. The van der Waals surface area contributed by atoms with Gasteiger partial charge in [0.2, 0.25) is 5.91 Å². The molecule has 4 rings (SSSR count). The molecule has 0 radical (unpaired) electrons. The summed E-state index contributed by atoms with van der Waals surface area (Å²) in [6.45, 7) is 0.484. The molecule has 9 nitrogen and oxygen atoms in total. The van der Waals surface area contributed by atoms with E-state index in [4.69, 9.17) is 9.90 Å². The first-order chi connectivity index (χ1) is 13.5. The summed E-state index contributed by atoms with van der Waals surface area (Å²) >= 11 is 0. The van der Waals surface area contributed by atoms with E-state index in [1.54, 1.807) is 11.0 Å². The number of hydrogen-bond donors (Lipinski definition) is 2. The Morgan fingerprint density at radius 1 is 1.32 bits per heavy atom. The average Bonchev–Trinajstić information content (AvgIpc) is 3.37. The fourth-order valence-corrected chi connectivity index (χ4v) is 4.09. The molecule has 0 spiro atoms. The number of benzene rings is 1. The summed E-state index contributed by atoms with van der Waals surface area (Å²) in [7, 11) is 1.86. The minimum atomic E-state index is -0.250. The van der Waals surface area contributed by atoms with Crippen molar-refractivity contribution in [2.75, 3.05) is 13.6 Å². The molecule has 2 heterocycles. The van der Waals surface area contributed by atoms with E-state index in [0.29, 0.717) is 23.8 Å². The monoisotopic (exact) mass is 385 g/mol. The lowest BCUT2D eigenvalue weighted by Gasteiger charge is -2.25. The highest BCUT2D eigenvalue weighted by molar-refractivity contribution is 5.97. The van der Waals surface area contributed by atoms with E-state index >= 15 is 0 Å². The van der Waals surface area contributed by atoms with Crippen LogP contribution in [-0.2, 0) is 9.59 Å². The lowest BCUT2D eigenvalue weighted by atomic mass is 9.89. The topological polar surface area (TPSA) is 117 Å². The van der Waals surface area contributed by atoms with Gasteiger partial charge in [0.1, 0.15) is 12.7 Å². The number of nitrogens with one attached hydrogen (secondary N) is 1. The van der Waals surface area contributed by atoms with E-state index in [-0.39, 0.29) is 24.3 Å². The predicted molar refractivity (Wildman–Crippen MR) is 99.8 cm³/mol. The molecular formula is C19H23N5O4. The molecule has 9 heteroatoms. The van der Waals surface area contributed by atoms with Gasteiger partial charge in [0, 0.05) is 26.1 Å². The summed E-state index contributed by atoms with van der Waals surface area (Å²) in [4.78, 5) is 38.9. The van der Waals surface area contributed by atoms with Gasteiger partial charge in [-0.15, -0.1) is 0 Å². The number of aromatic nitrogens is 3. The maximum atomic E-state index is 13.1. The van der Waals surface area contributed by atoms with Gasteiger partial charge >= 0.3 is 0 Å². The maximum absolute atomic E-state index is 13.1. The Balaban J connectivity index is 0.000000706. The molecule has 2 aliphatic rings. The van der Waals surface area contributed by atoms with E-state index < -0.39 is 0 Å². The van der Waals surface area contributed by atoms with Crippen LogP contribution >= 0.6 is 0 Å². The molecule has 1 aliphatic heterocycles. The lowest BCUT2D eigenvalue weighted by Crippen LogP contribution is -2.38. The highest BCUT2D eigenvalue weighted by Gasteiger charge is 2.40. The van der Waals surface area contributed by atoms with Gasteiger partial charge < -0.3 is 15.3 Å². The number of piperidine rings is 1. The Morgan fingerprint density at radius 2 is 2.04 bits per heavy atom. The van der Waals surface area contributed by atoms with Gasteiger partial charge in [0.15, 0.2) is 0 Å². The van der Waals surface area contributed by atoms with Crippen molar-refractivity contribution < 1.29 is 19.5 Å². The van der Waals surface area contributed by atoms with Gasteiger partial charge in [-0.2, -0.15) is 5.10 Å². The van der Waals surface area contributed by atoms with Gasteiger partial charge in [0.05, 0.1) is 11.3 Å². The van der Waals surface area contributed by atoms with Crippen LogP contribution in [0.5, 0.6) is 0 Å². The van der Waals surface area contributed by atoms with Crippen molar-refractivity contribution in [2.45, 2.75) is 25.3 Å². The third kappa shape index (κ3) is 4.03. The van der Waals surface area contributed by atoms with E-state index in [0.717, 1.165) is 25.1 Å². The number of rotatable bonds is 3. The fourth-order valence-electron chi connectivity index (χ4n) is 4.09. The second-order valence-electron chi connectivity index (χ2n) is 7.03. The van der Waals surface area contributed by atoms with Crippen LogP contribution in [0, 0.1) is 11.8 Å². The highest BCUT2D eigenvalue weighted by atomic mass is 16.3. The number of carbonyl (C=O) groups is 3. The first-order valence-electron chi connectivity index (χ1n) is 9.10. The first kappa shape index (κ1) is 19.5. The normalized spacial score (nSPS) is 23.0. The van der Waals surface area contributed by atoms with E-state index in [2.05, 4.69) is 15.4 Å². The SMILES string of the molecule is CN(C(=O)c1ccccc1-n1cncn1)[C@H]1C[C@H]2CC(=O)NC[C@H]2C1.O=CO. The smallest absolute Gasteiger partial charge is 0.290 e. The zero-order chi connectivity index (χ0) is 20.1. The molecule has 0 unspecified atom stereocenters. The Labute approximate surface area is 162 Å². The second-order valence-corrected chi connectivity index (χ2v) is 7.03. The summed E-state index contributed by atoms with van der Waals surface area (Å²) in [6, 6.07) is 7.60. The number of carbonyl (C=O) groups excluding carboxylic acids is 2. The van der Waals surface area contributed by atoms with Crippen molar-refractivity contribution in [1.29, 1.82) is 0 Å². The minimum Gasteiger partial charge on any atom is -0.483 e. The summed E-state index contributed by atoms with van der Waals surface area (Å²) in [5.41, 5.74) is 1.34. The summed E-state index contributed by atoms with van der Waals surface area (Å²) < 4.78 is 1.61.